The maximum Gasteiger partial charge on any atom is 0.312 e. The number of hydrogen-bond donors (Lipinski definition) is 2. The van der Waals surface area contributed by atoms with E-state index in [9.17, 15) is 4.79 Å². The van der Waals surface area contributed by atoms with Crippen LogP contribution in [0.25, 0.3) is 0 Å². The molecule has 0 saturated carbocycles. The highest BCUT2D eigenvalue weighted by molar-refractivity contribution is 5.36. The SMILES string of the molecule is O=CON[C@@H]1CCCNC1. The van der Waals surface area contributed by atoms with Gasteiger partial charge in [-0.25, -0.2) is 0 Å². The van der Waals surface area contributed by atoms with Crippen molar-refractivity contribution in [1.82, 2.24) is 10.8 Å². The minimum absolute atomic E-state index is 0.291. The molecule has 1 heterocycles. The summed E-state index contributed by atoms with van der Waals surface area (Å²) < 4.78 is 0. The Labute approximate surface area is 59.9 Å². The molecule has 2 N–H and O–H groups in total. The molecule has 0 amide bonds. The van der Waals surface area contributed by atoms with Gasteiger partial charge in [0.25, 0.3) is 0 Å². The van der Waals surface area contributed by atoms with Crippen LogP contribution in [0.5, 0.6) is 0 Å². The smallest absolute Gasteiger partial charge is 0.312 e. The molecular weight excluding hydrogens is 132 g/mol. The highest BCUT2D eigenvalue weighted by Crippen LogP contribution is 1.99. The number of carbonyl (C=O) groups is 1. The number of rotatable bonds is 3. The van der Waals surface area contributed by atoms with Crippen LogP contribution in [0.1, 0.15) is 12.8 Å². The topological polar surface area (TPSA) is 50.4 Å². The maximum absolute atomic E-state index is 9.74. The van der Waals surface area contributed by atoms with Crippen LogP contribution >= 0.6 is 0 Å². The highest BCUT2D eigenvalue weighted by atomic mass is 16.7. The second kappa shape index (κ2) is 4.24. The van der Waals surface area contributed by atoms with Gasteiger partial charge in [0.1, 0.15) is 0 Å². The fourth-order valence-electron chi connectivity index (χ4n) is 1.08. The third kappa shape index (κ3) is 2.33. The van der Waals surface area contributed by atoms with E-state index in [1.165, 1.54) is 0 Å². The van der Waals surface area contributed by atoms with E-state index in [2.05, 4.69) is 15.6 Å². The molecule has 0 bridgehead atoms. The van der Waals surface area contributed by atoms with Crippen molar-refractivity contribution >= 4 is 6.47 Å². The predicted octanol–water partition coefficient (Wildman–Crippen LogP) is -0.584. The van der Waals surface area contributed by atoms with Crippen molar-refractivity contribution in [1.29, 1.82) is 0 Å². The average molecular weight is 144 g/mol. The Balaban J connectivity index is 2.07. The molecule has 0 aromatic heterocycles. The van der Waals surface area contributed by atoms with Gasteiger partial charge in [0.05, 0.1) is 6.04 Å². The van der Waals surface area contributed by atoms with Gasteiger partial charge in [-0.1, -0.05) is 0 Å². The van der Waals surface area contributed by atoms with Gasteiger partial charge < -0.3 is 10.2 Å². The van der Waals surface area contributed by atoms with E-state index in [1.54, 1.807) is 0 Å². The molecule has 58 valence electrons. The van der Waals surface area contributed by atoms with Crippen LogP contribution in [0.15, 0.2) is 0 Å². The summed E-state index contributed by atoms with van der Waals surface area (Å²) in [6.07, 6.45) is 2.21. The Bertz CT molecular complexity index is 102. The molecule has 1 aliphatic rings. The summed E-state index contributed by atoms with van der Waals surface area (Å²) in [6.45, 7) is 2.36. The minimum atomic E-state index is 0.291. The Hall–Kier alpha value is -0.610. The molecule has 0 spiro atoms. The lowest BCUT2D eigenvalue weighted by Gasteiger charge is -2.21. The molecule has 1 fully saturated rings. The van der Waals surface area contributed by atoms with Gasteiger partial charge in [0.2, 0.25) is 0 Å². The molecule has 1 saturated heterocycles. The van der Waals surface area contributed by atoms with E-state index in [4.69, 9.17) is 0 Å². The molecule has 10 heavy (non-hydrogen) atoms. The van der Waals surface area contributed by atoms with Crippen molar-refractivity contribution < 1.29 is 9.63 Å². The number of hydroxylamine groups is 1. The van der Waals surface area contributed by atoms with Gasteiger partial charge in [-0.2, -0.15) is 0 Å². The van der Waals surface area contributed by atoms with Crippen molar-refractivity contribution in [2.24, 2.45) is 0 Å². The van der Waals surface area contributed by atoms with E-state index in [0.717, 1.165) is 25.9 Å². The van der Waals surface area contributed by atoms with Gasteiger partial charge in [0, 0.05) is 6.54 Å². The van der Waals surface area contributed by atoms with Crippen molar-refractivity contribution in [3.05, 3.63) is 0 Å². The van der Waals surface area contributed by atoms with Gasteiger partial charge in [0.15, 0.2) is 0 Å². The highest BCUT2D eigenvalue weighted by Gasteiger charge is 2.11. The van der Waals surface area contributed by atoms with E-state index < -0.39 is 0 Å². The summed E-state index contributed by atoms with van der Waals surface area (Å²) >= 11 is 0. The zero-order valence-electron chi connectivity index (χ0n) is 5.80. The minimum Gasteiger partial charge on any atom is -0.373 e. The Morgan fingerprint density at radius 2 is 2.60 bits per heavy atom. The molecule has 0 aliphatic carbocycles. The molecule has 0 aromatic carbocycles. The lowest BCUT2D eigenvalue weighted by Crippen LogP contribution is -2.42. The first-order valence-electron chi connectivity index (χ1n) is 3.49. The van der Waals surface area contributed by atoms with Crippen LogP contribution in [0.4, 0.5) is 0 Å². The number of carbonyl (C=O) groups excluding carboxylic acids is 1. The molecule has 1 rings (SSSR count). The predicted molar refractivity (Wildman–Crippen MR) is 36.2 cm³/mol. The third-order valence-corrected chi connectivity index (χ3v) is 1.58. The van der Waals surface area contributed by atoms with Crippen LogP contribution in [0.2, 0.25) is 0 Å². The molecule has 4 heteroatoms. The summed E-state index contributed by atoms with van der Waals surface area (Å²) in [4.78, 5) is 14.1. The van der Waals surface area contributed by atoms with E-state index in [-0.39, 0.29) is 0 Å². The molecule has 4 nitrogen and oxygen atoms in total. The van der Waals surface area contributed by atoms with Crippen molar-refractivity contribution in [2.45, 2.75) is 18.9 Å². The number of nitrogens with one attached hydrogen (secondary N) is 2. The summed E-state index contributed by atoms with van der Waals surface area (Å²) in [6, 6.07) is 0.291. The molecular formula is C6H12N2O2. The van der Waals surface area contributed by atoms with Gasteiger partial charge in [-0.05, 0) is 19.4 Å². The zero-order valence-corrected chi connectivity index (χ0v) is 5.80. The second-order valence-electron chi connectivity index (χ2n) is 2.38. The van der Waals surface area contributed by atoms with Crippen molar-refractivity contribution in [3.63, 3.8) is 0 Å². The Morgan fingerprint density at radius 3 is 3.20 bits per heavy atom. The van der Waals surface area contributed by atoms with Crippen molar-refractivity contribution in [2.75, 3.05) is 13.1 Å². The summed E-state index contributed by atoms with van der Waals surface area (Å²) in [7, 11) is 0. The zero-order chi connectivity index (χ0) is 7.23. The molecule has 0 unspecified atom stereocenters. The number of piperidine rings is 1. The first-order chi connectivity index (χ1) is 4.93. The first-order valence-corrected chi connectivity index (χ1v) is 3.49. The summed E-state index contributed by atoms with van der Waals surface area (Å²) in [5.41, 5.74) is 2.64. The first kappa shape index (κ1) is 7.50. The standard InChI is InChI=1S/C6H12N2O2/c9-5-10-8-6-2-1-3-7-4-6/h5-8H,1-4H2/t6-/m1/s1. The molecule has 1 atom stereocenters. The van der Waals surface area contributed by atoms with E-state index in [0.29, 0.717) is 12.5 Å². The Morgan fingerprint density at radius 1 is 1.70 bits per heavy atom. The maximum atomic E-state index is 9.74. The lowest BCUT2D eigenvalue weighted by atomic mass is 10.1. The van der Waals surface area contributed by atoms with E-state index in [1.807, 2.05) is 0 Å². The van der Waals surface area contributed by atoms with Crippen LogP contribution in [0, 0.1) is 0 Å². The van der Waals surface area contributed by atoms with Crippen LogP contribution in [0.3, 0.4) is 0 Å². The van der Waals surface area contributed by atoms with Crippen LogP contribution in [-0.2, 0) is 9.63 Å². The normalized spacial score (nSPS) is 25.8. The Kier molecular flexibility index (Phi) is 3.18. The largest absolute Gasteiger partial charge is 0.373 e. The van der Waals surface area contributed by atoms with Gasteiger partial charge in [-0.15, -0.1) is 5.48 Å². The monoisotopic (exact) mass is 144 g/mol. The summed E-state index contributed by atoms with van der Waals surface area (Å²) in [5, 5.41) is 3.19. The summed E-state index contributed by atoms with van der Waals surface area (Å²) in [5.74, 6) is 0. The second-order valence-corrected chi connectivity index (χ2v) is 2.38. The van der Waals surface area contributed by atoms with Crippen LogP contribution in [-0.4, -0.2) is 25.6 Å². The van der Waals surface area contributed by atoms with Crippen molar-refractivity contribution in [3.8, 4) is 0 Å². The fourth-order valence-corrected chi connectivity index (χ4v) is 1.08. The third-order valence-electron chi connectivity index (χ3n) is 1.58. The lowest BCUT2D eigenvalue weighted by molar-refractivity contribution is -0.137. The fraction of sp³-hybridized carbons (Fsp3) is 0.833. The quantitative estimate of drug-likeness (QED) is 0.411. The number of hydrogen-bond acceptors (Lipinski definition) is 4. The van der Waals surface area contributed by atoms with Gasteiger partial charge >= 0.3 is 6.47 Å². The molecule has 0 aromatic rings. The average Bonchev–Trinajstić information content (AvgIpc) is 2.03. The van der Waals surface area contributed by atoms with E-state index >= 15 is 0 Å². The van der Waals surface area contributed by atoms with Crippen LogP contribution < -0.4 is 10.8 Å². The van der Waals surface area contributed by atoms with Gasteiger partial charge in [-0.3, -0.25) is 4.79 Å². The molecule has 0 radical (unpaired) electrons. The molecule has 1 aliphatic heterocycles.